The molecule has 0 fully saturated rings. The number of fused-ring (bicyclic) bond motifs is 1. The van der Waals surface area contributed by atoms with Gasteiger partial charge in [-0.25, -0.2) is 4.98 Å². The number of hydrogen-bond acceptors (Lipinski definition) is 6. The minimum atomic E-state index is -0.443. The number of thiocarbonyl (C=S) groups is 1. The summed E-state index contributed by atoms with van der Waals surface area (Å²) in [4.78, 5) is 16.9. The summed E-state index contributed by atoms with van der Waals surface area (Å²) in [5.41, 5.74) is 6.21. The molecule has 0 saturated heterocycles. The van der Waals surface area contributed by atoms with Gasteiger partial charge in [-0.3, -0.25) is 10.1 Å². The van der Waals surface area contributed by atoms with Gasteiger partial charge in [-0.15, -0.1) is 0 Å². The number of aromatic hydroxyl groups is 1. The number of carbonyl (C=O) groups excluding carboxylic acids is 1. The van der Waals surface area contributed by atoms with Gasteiger partial charge in [0.15, 0.2) is 10.7 Å². The molecule has 2 heterocycles. The zero-order valence-corrected chi connectivity index (χ0v) is 22.9. The topological polar surface area (TPSA) is 101 Å². The molecule has 39 heavy (non-hydrogen) atoms. The third-order valence-electron chi connectivity index (χ3n) is 6.02. The lowest BCUT2D eigenvalue weighted by molar-refractivity contribution is -0.115. The lowest BCUT2D eigenvalue weighted by Gasteiger charge is -2.09. The SMILES string of the molecule is Cc1cc(C)c2oc(-c3ccc(NC(=S)NC(=O)/C=C/c4ccc(-c5ccc(C)c(Cl)c5)o4)cc3O)nc2c1. The Kier molecular flexibility index (Phi) is 7.24. The van der Waals surface area contributed by atoms with Gasteiger partial charge in [0.2, 0.25) is 11.8 Å². The average molecular weight is 558 g/mol. The molecule has 5 aromatic rings. The summed E-state index contributed by atoms with van der Waals surface area (Å²) in [6, 6.07) is 18.0. The van der Waals surface area contributed by atoms with E-state index in [1.165, 1.54) is 12.1 Å². The van der Waals surface area contributed by atoms with Crippen molar-refractivity contribution < 1.29 is 18.7 Å². The number of nitrogens with one attached hydrogen (secondary N) is 2. The van der Waals surface area contributed by atoms with Crippen LogP contribution in [0.3, 0.4) is 0 Å². The molecule has 0 bridgehead atoms. The van der Waals surface area contributed by atoms with Crippen molar-refractivity contribution in [3.63, 3.8) is 0 Å². The summed E-state index contributed by atoms with van der Waals surface area (Å²) in [6.45, 7) is 5.88. The standard InChI is InChI=1S/C30H24ClN3O4S/c1-16-12-18(3)28-24(13-16)33-29(38-28)22-9-6-20(15-25(22)35)32-30(39)34-27(36)11-8-21-7-10-26(37-21)19-5-4-17(2)23(31)14-19/h4-15,35H,1-3H3,(H2,32,34,36,39)/b11-8+. The second kappa shape index (κ2) is 10.8. The number of aryl methyl sites for hydroxylation is 3. The second-order valence-electron chi connectivity index (χ2n) is 9.12. The molecule has 0 atom stereocenters. The zero-order chi connectivity index (χ0) is 27.7. The Labute approximate surface area is 235 Å². The van der Waals surface area contributed by atoms with E-state index < -0.39 is 5.91 Å². The van der Waals surface area contributed by atoms with Gasteiger partial charge in [-0.1, -0.05) is 29.8 Å². The van der Waals surface area contributed by atoms with E-state index in [1.807, 2.05) is 57.2 Å². The van der Waals surface area contributed by atoms with Gasteiger partial charge in [0.05, 0.1) is 5.56 Å². The molecular weight excluding hydrogens is 534 g/mol. The summed E-state index contributed by atoms with van der Waals surface area (Å²) in [5.74, 6) is 0.969. The number of furan rings is 1. The summed E-state index contributed by atoms with van der Waals surface area (Å²) in [5, 5.41) is 16.8. The van der Waals surface area contributed by atoms with Gasteiger partial charge in [0.1, 0.15) is 22.8 Å². The van der Waals surface area contributed by atoms with Gasteiger partial charge in [-0.05, 0) is 92.2 Å². The van der Waals surface area contributed by atoms with Crippen molar-refractivity contribution in [2.75, 3.05) is 5.32 Å². The Hall–Kier alpha value is -4.40. The highest BCUT2D eigenvalue weighted by atomic mass is 35.5. The molecule has 0 aliphatic rings. The highest BCUT2D eigenvalue weighted by Gasteiger charge is 2.15. The normalized spacial score (nSPS) is 11.3. The van der Waals surface area contributed by atoms with Gasteiger partial charge < -0.3 is 19.3 Å². The fourth-order valence-corrected chi connectivity index (χ4v) is 4.50. The number of hydrogen-bond donors (Lipinski definition) is 3. The van der Waals surface area contributed by atoms with Gasteiger partial charge in [0.25, 0.3) is 0 Å². The number of amides is 1. The van der Waals surface area contributed by atoms with E-state index in [9.17, 15) is 9.90 Å². The van der Waals surface area contributed by atoms with E-state index in [0.717, 1.165) is 27.8 Å². The Bertz CT molecular complexity index is 1770. The molecule has 0 radical (unpaired) electrons. The highest BCUT2D eigenvalue weighted by Crippen LogP contribution is 2.34. The van der Waals surface area contributed by atoms with E-state index in [-0.39, 0.29) is 10.9 Å². The fraction of sp³-hybridized carbons (Fsp3) is 0.100. The molecule has 3 aromatic carbocycles. The molecule has 0 saturated carbocycles. The summed E-state index contributed by atoms with van der Waals surface area (Å²) >= 11 is 11.4. The first kappa shape index (κ1) is 26.2. The fourth-order valence-electron chi connectivity index (χ4n) is 4.10. The Morgan fingerprint density at radius 3 is 2.59 bits per heavy atom. The minimum Gasteiger partial charge on any atom is -0.507 e. The number of aromatic nitrogens is 1. The highest BCUT2D eigenvalue weighted by molar-refractivity contribution is 7.80. The molecule has 7 nitrogen and oxygen atoms in total. The molecular formula is C30H24ClN3O4S. The second-order valence-corrected chi connectivity index (χ2v) is 9.94. The predicted molar refractivity (Wildman–Crippen MR) is 158 cm³/mol. The van der Waals surface area contributed by atoms with Crippen molar-refractivity contribution in [1.82, 2.24) is 10.3 Å². The maximum Gasteiger partial charge on any atom is 0.250 e. The molecule has 5 rings (SSSR count). The Morgan fingerprint density at radius 1 is 1.00 bits per heavy atom. The van der Waals surface area contributed by atoms with Gasteiger partial charge in [0, 0.05) is 28.4 Å². The summed E-state index contributed by atoms with van der Waals surface area (Å²) in [7, 11) is 0. The number of nitrogens with zero attached hydrogens (tertiary/aromatic N) is 1. The Morgan fingerprint density at radius 2 is 1.82 bits per heavy atom. The molecule has 0 aliphatic carbocycles. The zero-order valence-electron chi connectivity index (χ0n) is 21.3. The first-order valence-electron chi connectivity index (χ1n) is 12.0. The summed E-state index contributed by atoms with van der Waals surface area (Å²) in [6.07, 6.45) is 2.86. The van der Waals surface area contributed by atoms with Gasteiger partial charge >= 0.3 is 0 Å². The van der Waals surface area contributed by atoms with Crippen LogP contribution in [0.15, 0.2) is 75.6 Å². The van der Waals surface area contributed by atoms with Crippen LogP contribution in [0, 0.1) is 20.8 Å². The predicted octanol–water partition coefficient (Wildman–Crippen LogP) is 7.57. The molecule has 9 heteroatoms. The van der Waals surface area contributed by atoms with E-state index in [2.05, 4.69) is 15.6 Å². The van der Waals surface area contributed by atoms with Crippen LogP contribution in [0.2, 0.25) is 5.02 Å². The maximum atomic E-state index is 12.4. The smallest absolute Gasteiger partial charge is 0.250 e. The average Bonchev–Trinajstić information content (AvgIpc) is 3.52. The molecule has 0 spiro atoms. The number of oxazole rings is 1. The van der Waals surface area contributed by atoms with Crippen LogP contribution in [0.25, 0.3) is 40.0 Å². The molecule has 2 aromatic heterocycles. The van der Waals surface area contributed by atoms with Crippen LogP contribution in [0.4, 0.5) is 5.69 Å². The van der Waals surface area contributed by atoms with Crippen LogP contribution < -0.4 is 10.6 Å². The van der Waals surface area contributed by atoms with Crippen molar-refractivity contribution in [2.24, 2.45) is 0 Å². The van der Waals surface area contributed by atoms with Crippen LogP contribution in [0.5, 0.6) is 5.75 Å². The van der Waals surface area contributed by atoms with E-state index in [4.69, 9.17) is 32.7 Å². The Balaban J connectivity index is 1.21. The molecule has 196 valence electrons. The first-order chi connectivity index (χ1) is 18.7. The number of benzene rings is 3. The van der Waals surface area contributed by atoms with E-state index >= 15 is 0 Å². The van der Waals surface area contributed by atoms with Crippen LogP contribution in [-0.4, -0.2) is 21.1 Å². The first-order valence-corrected chi connectivity index (χ1v) is 12.8. The number of rotatable bonds is 5. The number of phenolic OH excluding ortho intramolecular Hbond substituents is 1. The number of halogens is 1. The maximum absolute atomic E-state index is 12.4. The van der Waals surface area contributed by atoms with Crippen molar-refractivity contribution in [3.8, 4) is 28.5 Å². The van der Waals surface area contributed by atoms with Crippen molar-refractivity contribution in [1.29, 1.82) is 0 Å². The van der Waals surface area contributed by atoms with Crippen molar-refractivity contribution in [2.45, 2.75) is 20.8 Å². The monoisotopic (exact) mass is 557 g/mol. The lowest BCUT2D eigenvalue weighted by Crippen LogP contribution is -2.32. The number of phenols is 1. The third-order valence-corrected chi connectivity index (χ3v) is 6.64. The van der Waals surface area contributed by atoms with Crippen LogP contribution in [0.1, 0.15) is 22.5 Å². The van der Waals surface area contributed by atoms with E-state index in [0.29, 0.717) is 39.3 Å². The van der Waals surface area contributed by atoms with E-state index in [1.54, 1.807) is 24.3 Å². The minimum absolute atomic E-state index is 0.0431. The largest absolute Gasteiger partial charge is 0.507 e. The summed E-state index contributed by atoms with van der Waals surface area (Å²) < 4.78 is 11.7. The van der Waals surface area contributed by atoms with Crippen molar-refractivity contribution >= 4 is 57.7 Å². The van der Waals surface area contributed by atoms with Crippen LogP contribution in [-0.2, 0) is 4.79 Å². The molecule has 1 amide bonds. The van der Waals surface area contributed by atoms with Crippen molar-refractivity contribution in [3.05, 3.63) is 94.2 Å². The lowest BCUT2D eigenvalue weighted by atomic mass is 10.1. The molecule has 3 N–H and O–H groups in total. The quantitative estimate of drug-likeness (QED) is 0.151. The number of anilines is 1. The van der Waals surface area contributed by atoms with Crippen LogP contribution >= 0.6 is 23.8 Å². The van der Waals surface area contributed by atoms with Gasteiger partial charge in [-0.2, -0.15) is 0 Å². The number of carbonyl (C=O) groups is 1. The molecule has 0 aliphatic heterocycles. The molecule has 0 unspecified atom stereocenters. The third kappa shape index (κ3) is 5.87.